The topological polar surface area (TPSA) is 3.24 Å². The molecule has 10 heavy (non-hydrogen) atoms. The fourth-order valence-corrected chi connectivity index (χ4v) is 1.57. The highest BCUT2D eigenvalue weighted by atomic mass is 15.1. The number of rotatable bonds is 2. The molecule has 1 nitrogen and oxygen atoms in total. The Morgan fingerprint density at radius 1 is 1.40 bits per heavy atom. The molecule has 1 aliphatic heterocycles. The summed E-state index contributed by atoms with van der Waals surface area (Å²) in [5.74, 6) is 0. The zero-order chi connectivity index (χ0) is 7.40. The van der Waals surface area contributed by atoms with Crippen LogP contribution in [0.25, 0.3) is 0 Å². The van der Waals surface area contributed by atoms with Gasteiger partial charge in [0.1, 0.15) is 0 Å². The first-order valence-corrected chi connectivity index (χ1v) is 4.27. The summed E-state index contributed by atoms with van der Waals surface area (Å²) in [6, 6.07) is 0.815. The largest absolute Gasteiger partial charge is 0.297 e. The van der Waals surface area contributed by atoms with Crippen LogP contribution in [0.2, 0.25) is 0 Å². The van der Waals surface area contributed by atoms with Gasteiger partial charge in [0.2, 0.25) is 0 Å². The predicted molar refractivity (Wildman–Crippen MR) is 45.1 cm³/mol. The lowest BCUT2D eigenvalue weighted by Gasteiger charge is -2.30. The zero-order valence-corrected chi connectivity index (χ0v) is 7.01. The van der Waals surface area contributed by atoms with Gasteiger partial charge < -0.3 is 0 Å². The molecule has 1 heteroatoms. The van der Waals surface area contributed by atoms with Gasteiger partial charge in [0, 0.05) is 12.6 Å². The molecule has 0 radical (unpaired) electrons. The lowest BCUT2D eigenvalue weighted by molar-refractivity contribution is 0.214. The summed E-state index contributed by atoms with van der Waals surface area (Å²) in [4.78, 5) is 2.53. The highest BCUT2D eigenvalue weighted by molar-refractivity contribution is 4.95. The molecular weight excluding hydrogens is 122 g/mol. The van der Waals surface area contributed by atoms with Crippen molar-refractivity contribution in [2.45, 2.75) is 32.7 Å². The molecule has 0 fully saturated rings. The van der Waals surface area contributed by atoms with E-state index in [4.69, 9.17) is 0 Å². The molecule has 1 aliphatic rings. The highest BCUT2D eigenvalue weighted by Crippen LogP contribution is 2.12. The Morgan fingerprint density at radius 3 is 2.70 bits per heavy atom. The van der Waals surface area contributed by atoms with Crippen LogP contribution in [-0.2, 0) is 0 Å². The summed E-state index contributed by atoms with van der Waals surface area (Å²) < 4.78 is 0. The predicted octanol–water partition coefficient (Wildman–Crippen LogP) is 2.05. The number of hydrogen-bond acceptors (Lipinski definition) is 1. The van der Waals surface area contributed by atoms with Crippen LogP contribution < -0.4 is 0 Å². The lowest BCUT2D eigenvalue weighted by atomic mass is 10.1. The SMILES string of the molecule is CCC1CC=CCN1CC. The molecule has 0 N–H and O–H groups in total. The second kappa shape index (κ2) is 3.77. The Morgan fingerprint density at radius 2 is 2.20 bits per heavy atom. The fraction of sp³-hybridized carbons (Fsp3) is 0.778. The minimum absolute atomic E-state index is 0.815. The Hall–Kier alpha value is -0.300. The smallest absolute Gasteiger partial charge is 0.0166 e. The minimum atomic E-state index is 0.815. The fourth-order valence-electron chi connectivity index (χ4n) is 1.57. The third-order valence-electron chi connectivity index (χ3n) is 2.31. The molecule has 0 amide bonds. The van der Waals surface area contributed by atoms with E-state index in [2.05, 4.69) is 30.9 Å². The van der Waals surface area contributed by atoms with Crippen molar-refractivity contribution in [3.8, 4) is 0 Å². The van der Waals surface area contributed by atoms with Crippen LogP contribution in [0.4, 0.5) is 0 Å². The summed E-state index contributed by atoms with van der Waals surface area (Å²) >= 11 is 0. The molecule has 0 saturated heterocycles. The summed E-state index contributed by atoms with van der Waals surface area (Å²) in [6.45, 7) is 6.87. The third-order valence-corrected chi connectivity index (χ3v) is 2.31. The highest BCUT2D eigenvalue weighted by Gasteiger charge is 2.14. The molecule has 1 unspecified atom stereocenters. The molecule has 58 valence electrons. The molecule has 0 spiro atoms. The van der Waals surface area contributed by atoms with Gasteiger partial charge in [-0.3, -0.25) is 4.90 Å². The first-order valence-electron chi connectivity index (χ1n) is 4.27. The van der Waals surface area contributed by atoms with Crippen molar-refractivity contribution in [3.05, 3.63) is 12.2 Å². The molecule has 0 saturated carbocycles. The van der Waals surface area contributed by atoms with Gasteiger partial charge in [0.25, 0.3) is 0 Å². The molecule has 1 atom stereocenters. The Kier molecular flexibility index (Phi) is 2.94. The standard InChI is InChI=1S/C9H17N/c1-3-9-7-5-6-8-10(9)4-2/h5-6,9H,3-4,7-8H2,1-2H3. The maximum absolute atomic E-state index is 2.53. The van der Waals surface area contributed by atoms with E-state index < -0.39 is 0 Å². The van der Waals surface area contributed by atoms with Crippen molar-refractivity contribution in [2.75, 3.05) is 13.1 Å². The third kappa shape index (κ3) is 1.60. The molecule has 0 aromatic rings. The Bertz CT molecular complexity index is 104. The quantitative estimate of drug-likeness (QED) is 0.529. The number of nitrogens with zero attached hydrogens (tertiary/aromatic N) is 1. The van der Waals surface area contributed by atoms with E-state index in [0.717, 1.165) is 12.6 Å². The summed E-state index contributed by atoms with van der Waals surface area (Å²) in [5, 5.41) is 0. The van der Waals surface area contributed by atoms with Gasteiger partial charge in [-0.05, 0) is 19.4 Å². The monoisotopic (exact) mass is 139 g/mol. The summed E-state index contributed by atoms with van der Waals surface area (Å²) in [7, 11) is 0. The second-order valence-corrected chi connectivity index (χ2v) is 2.86. The van der Waals surface area contributed by atoms with E-state index in [1.165, 1.54) is 19.4 Å². The van der Waals surface area contributed by atoms with Gasteiger partial charge in [-0.1, -0.05) is 26.0 Å². The van der Waals surface area contributed by atoms with E-state index in [1.54, 1.807) is 0 Å². The van der Waals surface area contributed by atoms with Gasteiger partial charge in [-0.15, -0.1) is 0 Å². The molecule has 0 bridgehead atoms. The van der Waals surface area contributed by atoms with Crippen molar-refractivity contribution < 1.29 is 0 Å². The average molecular weight is 139 g/mol. The van der Waals surface area contributed by atoms with Gasteiger partial charge >= 0.3 is 0 Å². The van der Waals surface area contributed by atoms with Crippen LogP contribution in [0.1, 0.15) is 26.7 Å². The van der Waals surface area contributed by atoms with Crippen LogP contribution in [0.5, 0.6) is 0 Å². The van der Waals surface area contributed by atoms with Crippen molar-refractivity contribution in [1.82, 2.24) is 4.90 Å². The summed E-state index contributed by atoms with van der Waals surface area (Å²) in [5.41, 5.74) is 0. The van der Waals surface area contributed by atoms with Gasteiger partial charge in [-0.25, -0.2) is 0 Å². The minimum Gasteiger partial charge on any atom is -0.297 e. The van der Waals surface area contributed by atoms with Crippen molar-refractivity contribution >= 4 is 0 Å². The van der Waals surface area contributed by atoms with E-state index in [0.29, 0.717) is 0 Å². The first-order chi connectivity index (χ1) is 4.88. The van der Waals surface area contributed by atoms with Crippen LogP contribution in [-0.4, -0.2) is 24.0 Å². The van der Waals surface area contributed by atoms with E-state index >= 15 is 0 Å². The molecule has 1 heterocycles. The maximum Gasteiger partial charge on any atom is 0.0166 e. The number of likely N-dealkylation sites (N-methyl/N-ethyl adjacent to an activating group) is 1. The van der Waals surface area contributed by atoms with E-state index in [9.17, 15) is 0 Å². The normalized spacial score (nSPS) is 27.2. The van der Waals surface area contributed by atoms with E-state index in [-0.39, 0.29) is 0 Å². The van der Waals surface area contributed by atoms with Crippen molar-refractivity contribution in [2.24, 2.45) is 0 Å². The first kappa shape index (κ1) is 7.80. The molecular formula is C9H17N. The molecule has 1 rings (SSSR count). The van der Waals surface area contributed by atoms with Crippen molar-refractivity contribution in [3.63, 3.8) is 0 Å². The van der Waals surface area contributed by atoms with E-state index in [1.807, 2.05) is 0 Å². The van der Waals surface area contributed by atoms with Gasteiger partial charge in [0.05, 0.1) is 0 Å². The van der Waals surface area contributed by atoms with Gasteiger partial charge in [-0.2, -0.15) is 0 Å². The maximum atomic E-state index is 2.53. The van der Waals surface area contributed by atoms with Crippen LogP contribution >= 0.6 is 0 Å². The van der Waals surface area contributed by atoms with Crippen LogP contribution in [0.15, 0.2) is 12.2 Å². The second-order valence-electron chi connectivity index (χ2n) is 2.86. The molecule has 0 aromatic heterocycles. The molecule has 0 aromatic carbocycles. The van der Waals surface area contributed by atoms with Crippen LogP contribution in [0, 0.1) is 0 Å². The van der Waals surface area contributed by atoms with Crippen LogP contribution in [0.3, 0.4) is 0 Å². The average Bonchev–Trinajstić information content (AvgIpc) is 2.04. The van der Waals surface area contributed by atoms with Gasteiger partial charge in [0.15, 0.2) is 0 Å². The zero-order valence-electron chi connectivity index (χ0n) is 7.01. The van der Waals surface area contributed by atoms with Crippen molar-refractivity contribution in [1.29, 1.82) is 0 Å². The Balaban J connectivity index is 2.45. The molecule has 0 aliphatic carbocycles. The lowest BCUT2D eigenvalue weighted by Crippen LogP contribution is -2.36. The Labute approximate surface area is 63.7 Å². The number of hydrogen-bond donors (Lipinski definition) is 0. The summed E-state index contributed by atoms with van der Waals surface area (Å²) in [6.07, 6.45) is 7.12.